The summed E-state index contributed by atoms with van der Waals surface area (Å²) < 4.78 is 35.3. The van der Waals surface area contributed by atoms with Crippen LogP contribution in [-0.2, 0) is 9.53 Å². The maximum atomic E-state index is 13.9. The third-order valence-electron chi connectivity index (χ3n) is 4.75. The van der Waals surface area contributed by atoms with Gasteiger partial charge in [-0.15, -0.1) is 0 Å². The number of halogens is 1. The number of carbonyl (C=O) groups is 2. The van der Waals surface area contributed by atoms with Crippen LogP contribution in [0.4, 0.5) is 4.39 Å². The van der Waals surface area contributed by atoms with Gasteiger partial charge in [0, 0.05) is 24.9 Å². The molecule has 1 aromatic carbocycles. The molecule has 2 heterocycles. The Morgan fingerprint density at radius 3 is 2.81 bits per heavy atom. The summed E-state index contributed by atoms with van der Waals surface area (Å²) in [6.45, 7) is 2.52. The number of aromatic nitrogens is 2. The van der Waals surface area contributed by atoms with Crippen molar-refractivity contribution >= 4 is 17.8 Å². The number of carbonyl (C=O) groups excluding carboxylic acids is 2. The molecule has 1 aromatic heterocycles. The number of ketones is 1. The summed E-state index contributed by atoms with van der Waals surface area (Å²) in [4.78, 5) is 33.7. The van der Waals surface area contributed by atoms with Crippen LogP contribution in [0.25, 0.3) is 6.08 Å². The fraction of sp³-hybridized carbons (Fsp3) is 0.364. The molecule has 0 aliphatic carbocycles. The predicted molar refractivity (Wildman–Crippen MR) is 112 cm³/mol. The molecule has 0 bridgehead atoms. The highest BCUT2D eigenvalue weighted by Gasteiger charge is 2.24. The Balaban J connectivity index is 1.57. The molecular weight excluding hydrogens is 421 g/mol. The molecule has 32 heavy (non-hydrogen) atoms. The highest BCUT2D eigenvalue weighted by atomic mass is 19.1. The summed E-state index contributed by atoms with van der Waals surface area (Å²) in [6, 6.07) is 4.23. The summed E-state index contributed by atoms with van der Waals surface area (Å²) >= 11 is 0. The fourth-order valence-corrected chi connectivity index (χ4v) is 3.08. The topological polar surface area (TPSA) is 100 Å². The first-order valence-corrected chi connectivity index (χ1v) is 9.88. The van der Waals surface area contributed by atoms with Crippen LogP contribution in [0.1, 0.15) is 22.8 Å². The molecule has 1 unspecified atom stereocenters. The van der Waals surface area contributed by atoms with Crippen molar-refractivity contribution in [2.45, 2.75) is 13.0 Å². The maximum Gasteiger partial charge on any atom is 0.319 e. The van der Waals surface area contributed by atoms with Crippen LogP contribution >= 0.6 is 0 Å². The Morgan fingerprint density at radius 1 is 1.31 bits per heavy atom. The number of amides is 1. The lowest BCUT2D eigenvalue weighted by Gasteiger charge is -2.32. The lowest BCUT2D eigenvalue weighted by molar-refractivity contribution is -0.134. The number of nitrogens with zero attached hydrogens (tertiary/aromatic N) is 3. The summed E-state index contributed by atoms with van der Waals surface area (Å²) in [7, 11) is 2.91. The minimum absolute atomic E-state index is 0.00807. The van der Waals surface area contributed by atoms with Crippen molar-refractivity contribution in [1.29, 1.82) is 0 Å². The molecule has 1 atom stereocenters. The average molecular weight is 445 g/mol. The molecule has 1 aliphatic rings. The molecule has 0 radical (unpaired) electrons. The largest absolute Gasteiger partial charge is 0.491 e. The first-order valence-electron chi connectivity index (χ1n) is 9.88. The molecule has 10 heteroatoms. The van der Waals surface area contributed by atoms with Crippen LogP contribution in [0.2, 0.25) is 0 Å². The van der Waals surface area contributed by atoms with Crippen LogP contribution in [0, 0.1) is 5.82 Å². The first kappa shape index (κ1) is 23.1. The summed E-state index contributed by atoms with van der Waals surface area (Å²) in [5, 5.41) is 0. The number of Topliss-reactive ketones (excluding diaryl/α,β-unsaturated/α-hetero) is 1. The van der Waals surface area contributed by atoms with Crippen molar-refractivity contribution < 1.29 is 32.9 Å². The lowest BCUT2D eigenvalue weighted by Crippen LogP contribution is -2.47. The van der Waals surface area contributed by atoms with Gasteiger partial charge in [0.1, 0.15) is 24.3 Å². The minimum Gasteiger partial charge on any atom is -0.491 e. The van der Waals surface area contributed by atoms with Gasteiger partial charge in [0.05, 0.1) is 38.5 Å². The number of hydrogen-bond donors (Lipinski definition) is 0. The number of morpholine rings is 1. The van der Waals surface area contributed by atoms with Crippen molar-refractivity contribution in [3.63, 3.8) is 0 Å². The fourth-order valence-electron chi connectivity index (χ4n) is 3.08. The van der Waals surface area contributed by atoms with E-state index in [1.54, 1.807) is 11.0 Å². The van der Waals surface area contributed by atoms with E-state index in [0.717, 1.165) is 6.07 Å². The van der Waals surface area contributed by atoms with E-state index in [1.165, 1.54) is 45.5 Å². The lowest BCUT2D eigenvalue weighted by atomic mass is 10.1. The van der Waals surface area contributed by atoms with Gasteiger partial charge in [-0.1, -0.05) is 0 Å². The van der Waals surface area contributed by atoms with Gasteiger partial charge in [-0.2, -0.15) is 4.98 Å². The van der Waals surface area contributed by atoms with Crippen molar-refractivity contribution in [2.75, 3.05) is 40.5 Å². The number of rotatable bonds is 8. The van der Waals surface area contributed by atoms with E-state index in [-0.39, 0.29) is 47.6 Å². The standard InChI is InChI=1S/C22H24FN3O6/c1-14(27)18-6-5-16(10-19(18)23)32-13-17-12-26(8-9-31-17)20(28)7-4-15-11-24-22(30-3)25-21(15)29-2/h4-7,10-11,17H,8-9,12-13H2,1-3H3. The summed E-state index contributed by atoms with van der Waals surface area (Å²) in [5.74, 6) is -0.638. The smallest absolute Gasteiger partial charge is 0.319 e. The zero-order valence-corrected chi connectivity index (χ0v) is 18.0. The second kappa shape index (κ2) is 10.7. The monoisotopic (exact) mass is 445 g/mol. The van der Waals surface area contributed by atoms with Crippen LogP contribution in [0.3, 0.4) is 0 Å². The van der Waals surface area contributed by atoms with Gasteiger partial charge < -0.3 is 23.8 Å². The Kier molecular flexibility index (Phi) is 7.72. The van der Waals surface area contributed by atoms with E-state index in [4.69, 9.17) is 18.9 Å². The maximum absolute atomic E-state index is 13.9. The quantitative estimate of drug-likeness (QED) is 0.450. The van der Waals surface area contributed by atoms with Crippen molar-refractivity contribution in [2.24, 2.45) is 0 Å². The molecular formula is C22H24FN3O6. The van der Waals surface area contributed by atoms with Crippen molar-refractivity contribution in [3.8, 4) is 17.6 Å². The molecule has 1 amide bonds. The number of methoxy groups -OCH3 is 2. The number of benzene rings is 1. The molecule has 9 nitrogen and oxygen atoms in total. The molecule has 1 fully saturated rings. The number of hydrogen-bond acceptors (Lipinski definition) is 8. The van der Waals surface area contributed by atoms with E-state index < -0.39 is 5.82 Å². The second-order valence-electron chi connectivity index (χ2n) is 6.94. The van der Waals surface area contributed by atoms with Gasteiger partial charge in [-0.25, -0.2) is 9.37 Å². The van der Waals surface area contributed by atoms with Gasteiger partial charge in [0.25, 0.3) is 0 Å². The third-order valence-corrected chi connectivity index (χ3v) is 4.75. The van der Waals surface area contributed by atoms with Gasteiger partial charge in [-0.05, 0) is 25.1 Å². The van der Waals surface area contributed by atoms with Crippen LogP contribution in [0.5, 0.6) is 17.6 Å². The Bertz CT molecular complexity index is 1010. The van der Waals surface area contributed by atoms with Crippen LogP contribution < -0.4 is 14.2 Å². The summed E-state index contributed by atoms with van der Waals surface area (Å²) in [5.41, 5.74) is 0.541. The zero-order chi connectivity index (χ0) is 23.1. The first-order chi connectivity index (χ1) is 15.4. The van der Waals surface area contributed by atoms with Gasteiger partial charge in [0.2, 0.25) is 11.8 Å². The highest BCUT2D eigenvalue weighted by molar-refractivity contribution is 5.94. The molecule has 1 aliphatic heterocycles. The van der Waals surface area contributed by atoms with E-state index in [0.29, 0.717) is 25.3 Å². The minimum atomic E-state index is -0.639. The predicted octanol–water partition coefficient (Wildman–Crippen LogP) is 2.16. The van der Waals surface area contributed by atoms with Crippen molar-refractivity contribution in [1.82, 2.24) is 14.9 Å². The molecule has 0 saturated carbocycles. The van der Waals surface area contributed by atoms with Gasteiger partial charge in [-0.3, -0.25) is 9.59 Å². The second-order valence-corrected chi connectivity index (χ2v) is 6.94. The van der Waals surface area contributed by atoms with E-state index >= 15 is 0 Å². The van der Waals surface area contributed by atoms with Crippen LogP contribution in [-0.4, -0.2) is 73.2 Å². The normalized spacial score (nSPS) is 16.1. The number of ether oxygens (including phenoxy) is 4. The molecule has 3 rings (SSSR count). The van der Waals surface area contributed by atoms with E-state index in [9.17, 15) is 14.0 Å². The van der Waals surface area contributed by atoms with Crippen LogP contribution in [0.15, 0.2) is 30.5 Å². The Labute approximate surface area is 184 Å². The van der Waals surface area contributed by atoms with E-state index in [2.05, 4.69) is 9.97 Å². The third kappa shape index (κ3) is 5.79. The molecule has 170 valence electrons. The molecule has 0 N–H and O–H groups in total. The molecule has 0 spiro atoms. The zero-order valence-electron chi connectivity index (χ0n) is 18.0. The SMILES string of the molecule is COc1ncc(C=CC(=O)N2CCOC(COc3ccc(C(C)=O)c(F)c3)C2)c(OC)n1. The van der Waals surface area contributed by atoms with Gasteiger partial charge >= 0.3 is 6.01 Å². The van der Waals surface area contributed by atoms with Gasteiger partial charge in [0.15, 0.2) is 5.78 Å². The summed E-state index contributed by atoms with van der Waals surface area (Å²) in [6.07, 6.45) is 4.10. The molecule has 1 saturated heterocycles. The van der Waals surface area contributed by atoms with Crippen molar-refractivity contribution in [3.05, 3.63) is 47.4 Å². The molecule has 2 aromatic rings. The van der Waals surface area contributed by atoms with E-state index in [1.807, 2.05) is 0 Å². The Hall–Kier alpha value is -3.53. The highest BCUT2D eigenvalue weighted by Crippen LogP contribution is 2.20. The Morgan fingerprint density at radius 2 is 2.12 bits per heavy atom. The average Bonchev–Trinajstić information content (AvgIpc) is 2.81.